The molecule has 0 aliphatic carbocycles. The average Bonchev–Trinajstić information content (AvgIpc) is 1.83. The molecule has 66 valence electrons. The predicted octanol–water partition coefficient (Wildman–Crippen LogP) is -0.560. The summed E-state index contributed by atoms with van der Waals surface area (Å²) in [6.45, 7) is 0.906. The van der Waals surface area contributed by atoms with Crippen LogP contribution in [0, 0.1) is 0 Å². The van der Waals surface area contributed by atoms with E-state index in [1.165, 1.54) is 0 Å². The van der Waals surface area contributed by atoms with Gasteiger partial charge in [0.15, 0.2) is 5.60 Å². The van der Waals surface area contributed by atoms with E-state index in [1.807, 2.05) is 0 Å². The number of alkyl halides is 3. The van der Waals surface area contributed by atoms with Crippen LogP contribution in [0.1, 0.15) is 13.3 Å². The van der Waals surface area contributed by atoms with Crippen LogP contribution in [-0.4, -0.2) is 22.9 Å². The van der Waals surface area contributed by atoms with Crippen LogP contribution in [-0.2, 0) is 4.79 Å². The summed E-state index contributed by atoms with van der Waals surface area (Å²) in [5, 5.41) is 18.3. The van der Waals surface area contributed by atoms with Crippen molar-refractivity contribution in [3.63, 3.8) is 0 Å². The minimum absolute atomic E-state index is 0.906. The van der Waals surface area contributed by atoms with Gasteiger partial charge in [-0.15, -0.1) is 0 Å². The summed E-state index contributed by atoms with van der Waals surface area (Å²) in [4.78, 5) is 9.82. The van der Waals surface area contributed by atoms with Crippen molar-refractivity contribution in [3.05, 3.63) is 0 Å². The van der Waals surface area contributed by atoms with Gasteiger partial charge < -0.3 is 15.0 Å². The number of carboxylic acid groups (broad SMARTS) is 1. The normalized spacial score (nSPS) is 17.5. The monoisotopic (exact) mass is 171 g/mol. The molecule has 0 unspecified atom stereocenters. The molecule has 0 fully saturated rings. The molecule has 0 rings (SSSR count). The molecule has 0 radical (unpaired) electrons. The lowest BCUT2D eigenvalue weighted by Gasteiger charge is -2.29. The summed E-state index contributed by atoms with van der Waals surface area (Å²) < 4.78 is 35.1. The molecule has 11 heavy (non-hydrogen) atoms. The zero-order chi connectivity index (χ0) is 9.28. The molecule has 0 aromatic rings. The number of halogens is 3. The highest BCUT2D eigenvalue weighted by atomic mass is 19.4. The van der Waals surface area contributed by atoms with E-state index >= 15 is 0 Å². The summed E-state index contributed by atoms with van der Waals surface area (Å²) in [6, 6.07) is 0. The first-order chi connectivity index (χ1) is 4.75. The summed E-state index contributed by atoms with van der Waals surface area (Å²) >= 11 is 0. The Morgan fingerprint density at radius 2 is 1.91 bits per heavy atom. The molecule has 0 aromatic heterocycles. The Bertz CT molecular complexity index is 165. The molecule has 0 aliphatic heterocycles. The Kier molecular flexibility index (Phi) is 2.50. The Morgan fingerprint density at radius 3 is 1.91 bits per heavy atom. The van der Waals surface area contributed by atoms with Crippen LogP contribution in [0.3, 0.4) is 0 Å². The van der Waals surface area contributed by atoms with Crippen molar-refractivity contribution in [1.82, 2.24) is 0 Å². The molecule has 3 nitrogen and oxygen atoms in total. The van der Waals surface area contributed by atoms with Gasteiger partial charge in [-0.25, -0.2) is 0 Å². The third-order valence-electron chi connectivity index (χ3n) is 1.32. The molecular weight excluding hydrogens is 165 g/mol. The van der Waals surface area contributed by atoms with Crippen LogP contribution in [0.2, 0.25) is 0 Å². The van der Waals surface area contributed by atoms with Crippen molar-refractivity contribution in [1.29, 1.82) is 0 Å². The first-order valence-corrected chi connectivity index (χ1v) is 2.76. The van der Waals surface area contributed by atoms with Crippen molar-refractivity contribution in [2.75, 3.05) is 0 Å². The average molecular weight is 171 g/mol. The number of hydrogen-bond acceptors (Lipinski definition) is 3. The molecule has 0 heterocycles. The highest BCUT2D eigenvalue weighted by Crippen LogP contribution is 2.32. The molecule has 0 aliphatic rings. The van der Waals surface area contributed by atoms with Gasteiger partial charge in [0.1, 0.15) is 0 Å². The van der Waals surface area contributed by atoms with Gasteiger partial charge >= 0.3 is 6.18 Å². The molecule has 0 aromatic carbocycles. The van der Waals surface area contributed by atoms with Gasteiger partial charge in [-0.2, -0.15) is 13.2 Å². The van der Waals surface area contributed by atoms with E-state index in [-0.39, 0.29) is 0 Å². The van der Waals surface area contributed by atoms with Gasteiger partial charge in [0, 0.05) is 0 Å². The number of aliphatic carboxylic acids is 1. The minimum atomic E-state index is -5.18. The second-order valence-electron chi connectivity index (χ2n) is 2.00. The van der Waals surface area contributed by atoms with Crippen molar-refractivity contribution in [2.45, 2.75) is 25.1 Å². The van der Waals surface area contributed by atoms with Crippen molar-refractivity contribution in [2.24, 2.45) is 0 Å². The van der Waals surface area contributed by atoms with Gasteiger partial charge in [0.25, 0.3) is 0 Å². The minimum Gasteiger partial charge on any atom is -0.547 e. The fraction of sp³-hybridized carbons (Fsp3) is 0.800. The zero-order valence-corrected chi connectivity index (χ0v) is 5.60. The number of carbonyl (C=O) groups is 1. The van der Waals surface area contributed by atoms with Gasteiger partial charge in [-0.05, 0) is 6.42 Å². The Balaban J connectivity index is 4.75. The van der Waals surface area contributed by atoms with Crippen LogP contribution in [0.15, 0.2) is 0 Å². The summed E-state index contributed by atoms with van der Waals surface area (Å²) in [5.74, 6) is -2.52. The van der Waals surface area contributed by atoms with E-state index < -0.39 is 24.2 Å². The molecule has 0 amide bonds. The molecule has 1 N–H and O–H groups in total. The van der Waals surface area contributed by atoms with Gasteiger partial charge in [-0.3, -0.25) is 0 Å². The molecule has 0 spiro atoms. The van der Waals surface area contributed by atoms with E-state index in [0.717, 1.165) is 6.92 Å². The van der Waals surface area contributed by atoms with Crippen molar-refractivity contribution in [3.8, 4) is 0 Å². The van der Waals surface area contributed by atoms with E-state index in [9.17, 15) is 23.1 Å². The Labute approximate surface area is 60.4 Å². The topological polar surface area (TPSA) is 60.4 Å². The summed E-state index contributed by atoms with van der Waals surface area (Å²) in [6.07, 6.45) is -6.14. The van der Waals surface area contributed by atoms with Crippen LogP contribution in [0.4, 0.5) is 13.2 Å². The van der Waals surface area contributed by atoms with E-state index in [0.29, 0.717) is 0 Å². The van der Waals surface area contributed by atoms with E-state index in [2.05, 4.69) is 0 Å². The van der Waals surface area contributed by atoms with Gasteiger partial charge in [-0.1, -0.05) is 6.92 Å². The number of rotatable bonds is 2. The number of carbonyl (C=O) groups excluding carboxylic acids is 1. The lowest BCUT2D eigenvalue weighted by molar-refractivity contribution is -0.354. The molecule has 0 saturated heterocycles. The van der Waals surface area contributed by atoms with Gasteiger partial charge in [0.2, 0.25) is 0 Å². The molecule has 0 saturated carbocycles. The smallest absolute Gasteiger partial charge is 0.422 e. The van der Waals surface area contributed by atoms with E-state index in [1.54, 1.807) is 0 Å². The Morgan fingerprint density at radius 1 is 1.55 bits per heavy atom. The number of aliphatic hydroxyl groups is 1. The van der Waals surface area contributed by atoms with Crippen molar-refractivity contribution < 1.29 is 28.2 Å². The van der Waals surface area contributed by atoms with Gasteiger partial charge in [0.05, 0.1) is 5.97 Å². The second kappa shape index (κ2) is 2.69. The first-order valence-electron chi connectivity index (χ1n) is 2.76. The van der Waals surface area contributed by atoms with Crippen LogP contribution < -0.4 is 5.11 Å². The first kappa shape index (κ1) is 10.2. The second-order valence-corrected chi connectivity index (χ2v) is 2.00. The van der Waals surface area contributed by atoms with Crippen LogP contribution in [0.5, 0.6) is 0 Å². The van der Waals surface area contributed by atoms with E-state index in [4.69, 9.17) is 5.11 Å². The third-order valence-corrected chi connectivity index (χ3v) is 1.32. The fourth-order valence-electron chi connectivity index (χ4n) is 0.461. The highest BCUT2D eigenvalue weighted by Gasteiger charge is 2.53. The quantitative estimate of drug-likeness (QED) is 0.605. The summed E-state index contributed by atoms with van der Waals surface area (Å²) in [5.41, 5.74) is -3.72. The molecule has 6 heteroatoms. The maximum absolute atomic E-state index is 11.7. The maximum atomic E-state index is 11.7. The zero-order valence-electron chi connectivity index (χ0n) is 5.60. The lowest BCUT2D eigenvalue weighted by Crippen LogP contribution is -2.57. The van der Waals surface area contributed by atoms with Crippen LogP contribution in [0.25, 0.3) is 0 Å². The molecule has 1 atom stereocenters. The fourth-order valence-corrected chi connectivity index (χ4v) is 0.461. The Hall–Kier alpha value is -0.780. The SMILES string of the molecule is CC[C@@](O)(C(=O)[O-])C(F)(F)F. The molecule has 0 bridgehead atoms. The van der Waals surface area contributed by atoms with Crippen molar-refractivity contribution >= 4 is 5.97 Å². The molecular formula is C5H6F3O3-. The number of hydrogen-bond donors (Lipinski definition) is 1. The largest absolute Gasteiger partial charge is 0.547 e. The summed E-state index contributed by atoms with van der Waals surface area (Å²) in [7, 11) is 0. The standard InChI is InChI=1S/C5H7F3O3/c1-2-4(11,3(9)10)5(6,7)8/h11H,2H2,1H3,(H,9,10)/p-1/t4-/m1/s1. The highest BCUT2D eigenvalue weighted by molar-refractivity contribution is 5.76. The lowest BCUT2D eigenvalue weighted by atomic mass is 10.0. The number of carboxylic acids is 1. The third kappa shape index (κ3) is 1.62. The maximum Gasteiger partial charge on any atom is 0.422 e. The van der Waals surface area contributed by atoms with Crippen LogP contribution >= 0.6 is 0 Å². The predicted molar refractivity (Wildman–Crippen MR) is 26.3 cm³/mol.